The van der Waals surface area contributed by atoms with Crippen LogP contribution in [0.15, 0.2) is 0 Å². The van der Waals surface area contributed by atoms with Crippen LogP contribution in [-0.4, -0.2) is 18.9 Å². The summed E-state index contributed by atoms with van der Waals surface area (Å²) < 4.78 is 24.5. The Morgan fingerprint density at radius 2 is 1.27 bits per heavy atom. The van der Waals surface area contributed by atoms with Gasteiger partial charge < -0.3 is 0 Å². The minimum absolute atomic E-state index is 0.00347. The lowest BCUT2D eigenvalue weighted by Crippen LogP contribution is -2.44. The first-order valence-corrected chi connectivity index (χ1v) is 7.60. The van der Waals surface area contributed by atoms with Crippen molar-refractivity contribution in [2.45, 2.75) is 63.9 Å². The molecule has 4 atom stereocenters. The van der Waals surface area contributed by atoms with Crippen molar-refractivity contribution in [3.8, 4) is 0 Å². The van der Waals surface area contributed by atoms with Gasteiger partial charge in [0.25, 0.3) is 0 Å². The largest absolute Gasteiger partial charge is 0.228 e. The van der Waals surface area contributed by atoms with E-state index in [0.29, 0.717) is 0 Å². The summed E-state index contributed by atoms with van der Waals surface area (Å²) in [7, 11) is -2.90. The van der Waals surface area contributed by atoms with E-state index >= 15 is 0 Å². The number of fused-ring (bicyclic) bond motifs is 1. The molecule has 1 aliphatic heterocycles. The van der Waals surface area contributed by atoms with Gasteiger partial charge in [-0.05, 0) is 37.5 Å². The van der Waals surface area contributed by atoms with Crippen molar-refractivity contribution in [1.82, 2.24) is 0 Å². The third-order valence-electron chi connectivity index (χ3n) is 5.73. The maximum atomic E-state index is 12.3. The molecule has 2 fully saturated rings. The van der Waals surface area contributed by atoms with Gasteiger partial charge in [0.15, 0.2) is 9.84 Å². The molecule has 0 amide bonds. The highest BCUT2D eigenvalue weighted by Crippen LogP contribution is 2.62. The number of rotatable bonds is 0. The molecule has 0 aromatic rings. The first-order valence-electron chi connectivity index (χ1n) is 5.99. The fourth-order valence-electron chi connectivity index (χ4n) is 3.92. The van der Waals surface area contributed by atoms with E-state index in [2.05, 4.69) is 13.8 Å². The van der Waals surface area contributed by atoms with Crippen LogP contribution in [-0.2, 0) is 9.84 Å². The molecule has 0 bridgehead atoms. The van der Waals surface area contributed by atoms with E-state index in [9.17, 15) is 8.42 Å². The normalized spacial score (nSPS) is 53.9. The van der Waals surface area contributed by atoms with Gasteiger partial charge in [0.1, 0.15) is 0 Å². The third kappa shape index (κ3) is 1.13. The van der Waals surface area contributed by atoms with E-state index in [0.717, 1.165) is 12.8 Å². The summed E-state index contributed by atoms with van der Waals surface area (Å²) in [5, 5.41) is -0.324. The summed E-state index contributed by atoms with van der Waals surface area (Å²) in [5.41, 5.74) is 0.00694. The molecule has 0 N–H and O–H groups in total. The molecule has 2 nitrogen and oxygen atoms in total. The summed E-state index contributed by atoms with van der Waals surface area (Å²) >= 11 is 0. The van der Waals surface area contributed by atoms with Crippen LogP contribution in [0.25, 0.3) is 0 Å². The smallest absolute Gasteiger partial charge is 0.156 e. The van der Waals surface area contributed by atoms with Crippen LogP contribution in [0, 0.1) is 10.8 Å². The lowest BCUT2D eigenvalue weighted by Gasteiger charge is -2.47. The van der Waals surface area contributed by atoms with E-state index < -0.39 is 9.84 Å². The highest BCUT2D eigenvalue weighted by Gasteiger charge is 2.64. The van der Waals surface area contributed by atoms with Gasteiger partial charge >= 0.3 is 0 Å². The van der Waals surface area contributed by atoms with Gasteiger partial charge in [-0.1, -0.05) is 26.7 Å². The van der Waals surface area contributed by atoms with Gasteiger partial charge in [0.05, 0.1) is 10.5 Å². The summed E-state index contributed by atoms with van der Waals surface area (Å²) in [5.74, 6) is 0. The summed E-state index contributed by atoms with van der Waals surface area (Å²) in [6.07, 6.45) is 4.54. The molecule has 0 aromatic carbocycles. The monoisotopic (exact) mass is 230 g/mol. The molecule has 1 saturated carbocycles. The number of sulfone groups is 1. The third-order valence-corrected chi connectivity index (χ3v) is 8.74. The highest BCUT2D eigenvalue weighted by molar-refractivity contribution is 7.93. The Morgan fingerprint density at radius 1 is 0.933 bits per heavy atom. The van der Waals surface area contributed by atoms with Crippen molar-refractivity contribution >= 4 is 9.84 Å². The van der Waals surface area contributed by atoms with Crippen molar-refractivity contribution < 1.29 is 8.42 Å². The second-order valence-corrected chi connectivity index (χ2v) is 8.51. The molecule has 2 rings (SSSR count). The summed E-state index contributed by atoms with van der Waals surface area (Å²) in [4.78, 5) is 0. The number of hydrogen-bond acceptors (Lipinski definition) is 2. The first kappa shape index (κ1) is 11.4. The van der Waals surface area contributed by atoms with Gasteiger partial charge in [0, 0.05) is 0 Å². The lowest BCUT2D eigenvalue weighted by atomic mass is 9.55. The molecule has 0 radical (unpaired) electrons. The maximum absolute atomic E-state index is 12.3. The Bertz CT molecular complexity index is 343. The minimum Gasteiger partial charge on any atom is -0.228 e. The zero-order valence-corrected chi connectivity index (χ0v) is 11.0. The zero-order chi connectivity index (χ0) is 11.5. The van der Waals surface area contributed by atoms with Crippen LogP contribution in [0.3, 0.4) is 0 Å². The van der Waals surface area contributed by atoms with Gasteiger partial charge in [-0.15, -0.1) is 0 Å². The summed E-state index contributed by atoms with van der Waals surface area (Å²) in [6, 6.07) is 0. The molecule has 1 heterocycles. The number of hydrogen-bond donors (Lipinski definition) is 0. The predicted octanol–water partition coefficient (Wildman–Crippen LogP) is 2.78. The van der Waals surface area contributed by atoms with Crippen molar-refractivity contribution in [2.75, 3.05) is 0 Å². The Morgan fingerprint density at radius 3 is 1.60 bits per heavy atom. The quantitative estimate of drug-likeness (QED) is 0.641. The molecule has 3 heteroatoms. The van der Waals surface area contributed by atoms with Crippen LogP contribution < -0.4 is 0 Å². The molecule has 2 aliphatic rings. The maximum Gasteiger partial charge on any atom is 0.156 e. The molecular formula is C12H22O2S. The first-order chi connectivity index (χ1) is 6.77. The molecule has 0 spiro atoms. The van der Waals surface area contributed by atoms with Crippen LogP contribution in [0.5, 0.6) is 0 Å². The van der Waals surface area contributed by atoms with Gasteiger partial charge in [-0.25, -0.2) is 8.42 Å². The van der Waals surface area contributed by atoms with Crippen LogP contribution in [0.4, 0.5) is 0 Å². The Labute approximate surface area is 93.4 Å². The van der Waals surface area contributed by atoms with Crippen molar-refractivity contribution in [3.63, 3.8) is 0 Å². The van der Waals surface area contributed by atoms with E-state index in [1.54, 1.807) is 0 Å². The Kier molecular flexibility index (Phi) is 2.28. The van der Waals surface area contributed by atoms with Gasteiger partial charge in [0.2, 0.25) is 0 Å². The van der Waals surface area contributed by atoms with E-state index in [1.165, 1.54) is 12.8 Å². The molecule has 1 aliphatic carbocycles. The fourth-order valence-corrected chi connectivity index (χ4v) is 6.76. The minimum atomic E-state index is -2.90. The highest BCUT2D eigenvalue weighted by atomic mass is 32.2. The SMILES string of the molecule is CC1C2(C)CCCCC2(C)C(C)S1(=O)=O. The summed E-state index contributed by atoms with van der Waals surface area (Å²) in [6.45, 7) is 8.22. The molecule has 15 heavy (non-hydrogen) atoms. The average molecular weight is 230 g/mol. The van der Waals surface area contributed by atoms with E-state index in [4.69, 9.17) is 0 Å². The topological polar surface area (TPSA) is 34.1 Å². The molecular weight excluding hydrogens is 208 g/mol. The van der Waals surface area contributed by atoms with E-state index in [1.807, 2.05) is 13.8 Å². The molecule has 4 unspecified atom stereocenters. The van der Waals surface area contributed by atoms with Crippen molar-refractivity contribution in [2.24, 2.45) is 10.8 Å². The Hall–Kier alpha value is -0.0500. The molecule has 0 aromatic heterocycles. The average Bonchev–Trinajstić information content (AvgIpc) is 2.28. The predicted molar refractivity (Wildman–Crippen MR) is 62.5 cm³/mol. The standard InChI is InChI=1S/C12H22O2S/c1-9-11(3)7-5-6-8-12(11,4)10(2)15(9,13)14/h9-10H,5-8H2,1-4H3. The fraction of sp³-hybridized carbons (Fsp3) is 1.00. The second kappa shape index (κ2) is 2.99. The molecule has 88 valence electrons. The molecule has 1 saturated heterocycles. The zero-order valence-electron chi connectivity index (χ0n) is 10.2. The van der Waals surface area contributed by atoms with Crippen LogP contribution in [0.1, 0.15) is 53.4 Å². The Balaban J connectivity index is 2.58. The van der Waals surface area contributed by atoms with Crippen molar-refractivity contribution in [3.05, 3.63) is 0 Å². The van der Waals surface area contributed by atoms with Crippen LogP contribution in [0.2, 0.25) is 0 Å². The van der Waals surface area contributed by atoms with Crippen molar-refractivity contribution in [1.29, 1.82) is 0 Å². The van der Waals surface area contributed by atoms with Crippen LogP contribution >= 0.6 is 0 Å². The lowest BCUT2D eigenvalue weighted by molar-refractivity contribution is 0.0346. The second-order valence-electron chi connectivity index (χ2n) is 5.92. The van der Waals surface area contributed by atoms with Gasteiger partial charge in [-0.2, -0.15) is 0 Å². The van der Waals surface area contributed by atoms with Gasteiger partial charge in [-0.3, -0.25) is 0 Å². The van der Waals surface area contributed by atoms with E-state index in [-0.39, 0.29) is 21.3 Å².